The van der Waals surface area contributed by atoms with E-state index in [0.717, 1.165) is 40.5 Å². The first-order chi connectivity index (χ1) is 17.7. The highest BCUT2D eigenvalue weighted by molar-refractivity contribution is 7.13. The molecule has 0 fully saturated rings. The molecule has 0 saturated heterocycles. The number of nitrogen functional groups attached to an aromatic ring is 1. The molecule has 0 bridgehead atoms. The Hall–Kier alpha value is -4.15. The van der Waals surface area contributed by atoms with Gasteiger partial charge in [0.05, 0.1) is 15.9 Å². The van der Waals surface area contributed by atoms with E-state index in [4.69, 9.17) is 20.6 Å². The number of aromatic amines is 1. The number of H-pyrrole nitrogens is 1. The van der Waals surface area contributed by atoms with Crippen molar-refractivity contribution in [2.75, 3.05) is 5.73 Å². The molecule has 2 aromatic heterocycles. The van der Waals surface area contributed by atoms with Gasteiger partial charge in [-0.1, -0.05) is 42.5 Å². The number of rotatable bonds is 6. The number of thiophene rings is 1. The molecule has 0 aliphatic carbocycles. The average molecular weight is 525 g/mol. The highest BCUT2D eigenvalue weighted by atomic mass is 32.1. The molecule has 0 spiro atoms. The summed E-state index contributed by atoms with van der Waals surface area (Å²) in [7, 11) is 0. The molecular weight excluding hydrogens is 501 g/mol. The van der Waals surface area contributed by atoms with E-state index < -0.39 is 12.1 Å². The van der Waals surface area contributed by atoms with Crippen LogP contribution in [0.4, 0.5) is 18.9 Å². The molecule has 0 radical (unpaired) electrons. The van der Waals surface area contributed by atoms with Gasteiger partial charge >= 0.3 is 12.1 Å². The predicted molar refractivity (Wildman–Crippen MR) is 140 cm³/mol. The van der Waals surface area contributed by atoms with Crippen LogP contribution in [0.15, 0.2) is 84.2 Å². The van der Waals surface area contributed by atoms with Crippen molar-refractivity contribution < 1.29 is 23.1 Å². The second-order valence-electron chi connectivity index (χ2n) is 8.15. The van der Waals surface area contributed by atoms with E-state index >= 15 is 0 Å². The van der Waals surface area contributed by atoms with Gasteiger partial charge in [0.2, 0.25) is 0 Å². The zero-order valence-corrected chi connectivity index (χ0v) is 20.2. The van der Waals surface area contributed by atoms with Crippen molar-refractivity contribution in [2.24, 2.45) is 0 Å². The smallest absolute Gasteiger partial charge is 0.475 e. The molecule has 0 aliphatic rings. The molecule has 5 aromatic rings. The number of para-hydroxylation sites is 2. The molecule has 5 rings (SSSR count). The number of nitrogens with one attached hydrogen (secondary N) is 2. The maximum absolute atomic E-state index is 10.6. The Labute approximate surface area is 214 Å². The number of nitrogens with two attached hydrogens (primary N) is 1. The van der Waals surface area contributed by atoms with Crippen LogP contribution >= 0.6 is 11.3 Å². The lowest BCUT2D eigenvalue weighted by Crippen LogP contribution is -2.21. The lowest BCUT2D eigenvalue weighted by atomic mass is 10.1. The van der Waals surface area contributed by atoms with Gasteiger partial charge in [0, 0.05) is 18.8 Å². The number of aliphatic carboxylic acids is 1. The van der Waals surface area contributed by atoms with Crippen LogP contribution in [0.2, 0.25) is 0 Å². The molecule has 0 unspecified atom stereocenters. The summed E-state index contributed by atoms with van der Waals surface area (Å²) in [5.74, 6) is -1.83. The van der Waals surface area contributed by atoms with Crippen LogP contribution in [0.5, 0.6) is 0 Å². The number of aromatic nitrogens is 2. The first-order valence-corrected chi connectivity index (χ1v) is 12.1. The van der Waals surface area contributed by atoms with E-state index in [9.17, 15) is 13.2 Å². The maximum Gasteiger partial charge on any atom is 0.490 e. The Kier molecular flexibility index (Phi) is 7.90. The molecule has 0 amide bonds. The molecule has 0 aliphatic heterocycles. The fourth-order valence-electron chi connectivity index (χ4n) is 3.60. The van der Waals surface area contributed by atoms with Gasteiger partial charge < -0.3 is 21.1 Å². The summed E-state index contributed by atoms with van der Waals surface area (Å²) in [5.41, 5.74) is 13.6. The number of alkyl halides is 3. The Morgan fingerprint density at radius 1 is 0.946 bits per heavy atom. The lowest BCUT2D eigenvalue weighted by molar-refractivity contribution is -0.192. The van der Waals surface area contributed by atoms with Gasteiger partial charge in [0.15, 0.2) is 0 Å². The van der Waals surface area contributed by atoms with E-state index in [1.807, 2.05) is 36.4 Å². The van der Waals surface area contributed by atoms with Crippen molar-refractivity contribution >= 4 is 34.0 Å². The van der Waals surface area contributed by atoms with Crippen LogP contribution < -0.4 is 11.1 Å². The largest absolute Gasteiger partial charge is 0.490 e. The van der Waals surface area contributed by atoms with Crippen LogP contribution in [-0.4, -0.2) is 27.2 Å². The standard InChI is InChI=1S/C25H22N4S.C2HF3O2/c26-21-8-4-6-18(12-21)15-27-14-17-5-3-7-19(11-17)20-13-24(30-16-20)25-28-22-9-1-2-10-23(22)29-25;3-2(4,5)1(6)7/h1-13,16,27H,14-15,26H2,(H,28,29);(H,6,7). The van der Waals surface area contributed by atoms with E-state index in [1.165, 1.54) is 22.3 Å². The van der Waals surface area contributed by atoms with Crippen molar-refractivity contribution in [3.8, 4) is 21.8 Å². The number of carboxylic acids is 1. The number of hydrogen-bond acceptors (Lipinski definition) is 5. The minimum Gasteiger partial charge on any atom is -0.475 e. The summed E-state index contributed by atoms with van der Waals surface area (Å²) in [6.07, 6.45) is -5.08. The normalized spacial score (nSPS) is 11.2. The SMILES string of the molecule is Nc1cccc(CNCc2cccc(-c3csc(-c4nc5ccccc5[nH]4)c3)c2)c1.O=C(O)C(F)(F)F. The summed E-state index contributed by atoms with van der Waals surface area (Å²) in [5, 5.41) is 12.8. The number of imidazole rings is 1. The number of halogens is 3. The van der Waals surface area contributed by atoms with Gasteiger partial charge in [-0.25, -0.2) is 9.78 Å². The van der Waals surface area contributed by atoms with E-state index in [2.05, 4.69) is 58.1 Å². The highest BCUT2D eigenvalue weighted by Gasteiger charge is 2.38. The second-order valence-corrected chi connectivity index (χ2v) is 9.07. The number of nitrogens with zero attached hydrogens (tertiary/aromatic N) is 1. The minimum atomic E-state index is -5.08. The van der Waals surface area contributed by atoms with Gasteiger partial charge in [-0.3, -0.25) is 0 Å². The Morgan fingerprint density at radius 3 is 2.30 bits per heavy atom. The van der Waals surface area contributed by atoms with Crippen molar-refractivity contribution in [1.29, 1.82) is 0 Å². The van der Waals surface area contributed by atoms with Gasteiger partial charge in [-0.2, -0.15) is 13.2 Å². The first kappa shape index (κ1) is 25.9. The molecule has 2 heterocycles. The molecule has 190 valence electrons. The zero-order valence-electron chi connectivity index (χ0n) is 19.4. The van der Waals surface area contributed by atoms with Crippen molar-refractivity contribution in [2.45, 2.75) is 19.3 Å². The molecule has 10 heteroatoms. The second kappa shape index (κ2) is 11.3. The number of anilines is 1. The molecule has 0 atom stereocenters. The fourth-order valence-corrected chi connectivity index (χ4v) is 4.46. The molecule has 3 aromatic carbocycles. The third kappa shape index (κ3) is 6.96. The van der Waals surface area contributed by atoms with Crippen LogP contribution in [-0.2, 0) is 17.9 Å². The third-order valence-corrected chi connectivity index (χ3v) is 6.27. The number of carbonyl (C=O) groups is 1. The van der Waals surface area contributed by atoms with Gasteiger partial charge in [-0.05, 0) is 64.0 Å². The van der Waals surface area contributed by atoms with E-state index in [-0.39, 0.29) is 0 Å². The van der Waals surface area contributed by atoms with Gasteiger partial charge in [0.25, 0.3) is 0 Å². The quantitative estimate of drug-likeness (QED) is 0.191. The van der Waals surface area contributed by atoms with Gasteiger partial charge in [-0.15, -0.1) is 11.3 Å². The summed E-state index contributed by atoms with van der Waals surface area (Å²) in [4.78, 5) is 18.2. The lowest BCUT2D eigenvalue weighted by Gasteiger charge is -2.07. The topological polar surface area (TPSA) is 104 Å². The number of hydrogen-bond donors (Lipinski definition) is 4. The van der Waals surface area contributed by atoms with Crippen LogP contribution in [0.3, 0.4) is 0 Å². The maximum atomic E-state index is 10.6. The van der Waals surface area contributed by atoms with E-state index in [0.29, 0.717) is 0 Å². The Bertz CT molecular complexity index is 1480. The Morgan fingerprint density at radius 2 is 1.62 bits per heavy atom. The monoisotopic (exact) mass is 524 g/mol. The predicted octanol–water partition coefficient (Wildman–Crippen LogP) is 6.46. The summed E-state index contributed by atoms with van der Waals surface area (Å²) >= 11 is 1.71. The molecule has 37 heavy (non-hydrogen) atoms. The minimum absolute atomic E-state index is 0.796. The first-order valence-electron chi connectivity index (χ1n) is 11.2. The highest BCUT2D eigenvalue weighted by Crippen LogP contribution is 2.32. The summed E-state index contributed by atoms with van der Waals surface area (Å²) in [6, 6.07) is 27.0. The number of carboxylic acid groups (broad SMARTS) is 1. The van der Waals surface area contributed by atoms with Crippen molar-refractivity contribution in [3.05, 3.63) is 95.4 Å². The Balaban J connectivity index is 0.000000405. The molecule has 0 saturated carbocycles. The zero-order chi connectivity index (χ0) is 26.4. The summed E-state index contributed by atoms with van der Waals surface area (Å²) in [6.45, 7) is 1.60. The molecule has 5 N–H and O–H groups in total. The van der Waals surface area contributed by atoms with Gasteiger partial charge in [0.1, 0.15) is 5.82 Å². The fraction of sp³-hybridized carbons (Fsp3) is 0.111. The van der Waals surface area contributed by atoms with Crippen LogP contribution in [0.25, 0.3) is 32.9 Å². The summed E-state index contributed by atoms with van der Waals surface area (Å²) < 4.78 is 31.7. The van der Waals surface area contributed by atoms with E-state index in [1.54, 1.807) is 11.3 Å². The van der Waals surface area contributed by atoms with Crippen molar-refractivity contribution in [3.63, 3.8) is 0 Å². The third-order valence-electron chi connectivity index (χ3n) is 5.33. The van der Waals surface area contributed by atoms with Crippen LogP contribution in [0, 0.1) is 0 Å². The van der Waals surface area contributed by atoms with Crippen molar-refractivity contribution in [1.82, 2.24) is 15.3 Å². The molecule has 6 nitrogen and oxygen atoms in total. The van der Waals surface area contributed by atoms with Crippen LogP contribution in [0.1, 0.15) is 11.1 Å². The number of benzene rings is 3. The number of fused-ring (bicyclic) bond motifs is 1. The average Bonchev–Trinajstić information content (AvgIpc) is 3.52. The molecular formula is C27H23F3N4O2S.